The van der Waals surface area contributed by atoms with Crippen LogP contribution < -0.4 is 11.1 Å². The Morgan fingerprint density at radius 3 is 2.72 bits per heavy atom. The van der Waals surface area contributed by atoms with Crippen LogP contribution >= 0.6 is 0 Å². The Morgan fingerprint density at radius 2 is 2.17 bits per heavy atom. The molecule has 0 aromatic heterocycles. The first-order valence-electron chi connectivity index (χ1n) is 5.94. The van der Waals surface area contributed by atoms with Crippen LogP contribution in [0.2, 0.25) is 0 Å². The molecule has 0 fully saturated rings. The Hall–Kier alpha value is -1.75. The number of nitrogen functional groups attached to an aromatic ring is 1. The van der Waals surface area contributed by atoms with Gasteiger partial charge in [-0.2, -0.15) is 0 Å². The van der Waals surface area contributed by atoms with Crippen molar-refractivity contribution in [2.75, 3.05) is 31.7 Å². The van der Waals surface area contributed by atoms with E-state index >= 15 is 0 Å². The number of carboxylic acid groups (broad SMARTS) is 1. The van der Waals surface area contributed by atoms with E-state index in [0.717, 1.165) is 13.0 Å². The van der Waals surface area contributed by atoms with Crippen LogP contribution in [-0.4, -0.2) is 42.7 Å². The summed E-state index contributed by atoms with van der Waals surface area (Å²) in [5.41, 5.74) is 7.07. The molecule has 1 atom stereocenters. The smallest absolute Gasteiger partial charge is 0.337 e. The van der Waals surface area contributed by atoms with Gasteiger partial charge in [0.25, 0.3) is 0 Å². The van der Waals surface area contributed by atoms with Crippen LogP contribution in [0.4, 0.5) is 11.4 Å². The number of nitrogens with two attached hydrogens (primary N) is 1. The fourth-order valence-electron chi connectivity index (χ4n) is 1.66. The van der Waals surface area contributed by atoms with Gasteiger partial charge in [-0.15, -0.1) is 0 Å². The van der Waals surface area contributed by atoms with Gasteiger partial charge >= 0.3 is 5.97 Å². The molecule has 5 nitrogen and oxygen atoms in total. The summed E-state index contributed by atoms with van der Waals surface area (Å²) in [5, 5.41) is 12.3. The molecule has 0 spiro atoms. The number of nitrogens with one attached hydrogen (secondary N) is 1. The number of nitrogens with zero attached hydrogens (tertiary/aromatic N) is 1. The predicted molar refractivity (Wildman–Crippen MR) is 74.1 cm³/mol. The lowest BCUT2D eigenvalue weighted by atomic mass is 10.1. The summed E-state index contributed by atoms with van der Waals surface area (Å²) in [6.07, 6.45) is 0.931. The number of aromatic carboxylic acids is 1. The summed E-state index contributed by atoms with van der Waals surface area (Å²) in [6, 6.07) is 4.97. The standard InChI is InChI=1S/C13H21N3O2/c1-9(6-7-16(2)3)15-12-8-10(14)4-5-11(12)13(17)18/h4-5,8-9,15H,6-7,14H2,1-3H3,(H,17,18). The minimum Gasteiger partial charge on any atom is -0.478 e. The molecule has 0 heterocycles. The van der Waals surface area contributed by atoms with Crippen LogP contribution in [0.3, 0.4) is 0 Å². The Bertz CT molecular complexity index is 419. The molecule has 1 aromatic rings. The summed E-state index contributed by atoms with van der Waals surface area (Å²) in [7, 11) is 4.02. The molecule has 0 saturated heterocycles. The van der Waals surface area contributed by atoms with Gasteiger partial charge in [0.2, 0.25) is 0 Å². The van der Waals surface area contributed by atoms with E-state index in [9.17, 15) is 4.79 Å². The summed E-state index contributed by atoms with van der Waals surface area (Å²) in [6.45, 7) is 2.97. The number of hydrogen-bond acceptors (Lipinski definition) is 4. The van der Waals surface area contributed by atoms with Crippen LogP contribution in [-0.2, 0) is 0 Å². The van der Waals surface area contributed by atoms with Crippen molar-refractivity contribution in [1.29, 1.82) is 0 Å². The number of carboxylic acids is 1. The van der Waals surface area contributed by atoms with Gasteiger partial charge < -0.3 is 21.1 Å². The van der Waals surface area contributed by atoms with E-state index in [1.807, 2.05) is 21.0 Å². The van der Waals surface area contributed by atoms with Gasteiger partial charge in [0.1, 0.15) is 0 Å². The van der Waals surface area contributed by atoms with Gasteiger partial charge in [-0.3, -0.25) is 0 Å². The van der Waals surface area contributed by atoms with Crippen molar-refractivity contribution in [1.82, 2.24) is 4.90 Å². The summed E-state index contributed by atoms with van der Waals surface area (Å²) >= 11 is 0. The maximum absolute atomic E-state index is 11.1. The summed E-state index contributed by atoms with van der Waals surface area (Å²) < 4.78 is 0. The molecule has 0 saturated carbocycles. The Morgan fingerprint density at radius 1 is 1.50 bits per heavy atom. The molecule has 0 radical (unpaired) electrons. The molecule has 1 rings (SSSR count). The van der Waals surface area contributed by atoms with E-state index in [1.54, 1.807) is 12.1 Å². The highest BCUT2D eigenvalue weighted by Crippen LogP contribution is 2.20. The largest absolute Gasteiger partial charge is 0.478 e. The number of carbonyl (C=O) groups is 1. The highest BCUT2D eigenvalue weighted by molar-refractivity contribution is 5.95. The molecule has 0 aliphatic rings. The van der Waals surface area contributed by atoms with Crippen molar-refractivity contribution in [3.63, 3.8) is 0 Å². The van der Waals surface area contributed by atoms with Crippen LogP contribution in [0.15, 0.2) is 18.2 Å². The molecular weight excluding hydrogens is 230 g/mol. The van der Waals surface area contributed by atoms with E-state index in [-0.39, 0.29) is 11.6 Å². The lowest BCUT2D eigenvalue weighted by Gasteiger charge is -2.19. The molecule has 0 bridgehead atoms. The van der Waals surface area contributed by atoms with Crippen molar-refractivity contribution in [2.45, 2.75) is 19.4 Å². The van der Waals surface area contributed by atoms with E-state index in [4.69, 9.17) is 10.8 Å². The molecule has 1 unspecified atom stereocenters. The van der Waals surface area contributed by atoms with Gasteiger partial charge in [0.05, 0.1) is 11.3 Å². The van der Waals surface area contributed by atoms with Crippen molar-refractivity contribution >= 4 is 17.3 Å². The third kappa shape index (κ3) is 4.25. The maximum Gasteiger partial charge on any atom is 0.337 e. The number of anilines is 2. The van der Waals surface area contributed by atoms with Gasteiger partial charge in [-0.05, 0) is 52.2 Å². The molecule has 0 amide bonds. The zero-order valence-electron chi connectivity index (χ0n) is 11.1. The van der Waals surface area contributed by atoms with Gasteiger partial charge in [-0.25, -0.2) is 4.79 Å². The minimum absolute atomic E-state index is 0.187. The van der Waals surface area contributed by atoms with Crippen molar-refractivity contribution in [3.8, 4) is 0 Å². The lowest BCUT2D eigenvalue weighted by molar-refractivity contribution is 0.0698. The van der Waals surface area contributed by atoms with Crippen LogP contribution in [0.25, 0.3) is 0 Å². The quantitative estimate of drug-likeness (QED) is 0.671. The van der Waals surface area contributed by atoms with Gasteiger partial charge in [0, 0.05) is 11.7 Å². The van der Waals surface area contributed by atoms with Gasteiger partial charge in [-0.1, -0.05) is 0 Å². The van der Waals surface area contributed by atoms with E-state index in [0.29, 0.717) is 11.4 Å². The maximum atomic E-state index is 11.1. The van der Waals surface area contributed by atoms with E-state index < -0.39 is 5.97 Å². The second kappa shape index (κ2) is 6.26. The fourth-order valence-corrected chi connectivity index (χ4v) is 1.66. The summed E-state index contributed by atoms with van der Waals surface area (Å²) in [4.78, 5) is 13.2. The summed E-state index contributed by atoms with van der Waals surface area (Å²) in [5.74, 6) is -0.947. The monoisotopic (exact) mass is 251 g/mol. The zero-order valence-corrected chi connectivity index (χ0v) is 11.1. The average molecular weight is 251 g/mol. The second-order valence-corrected chi connectivity index (χ2v) is 4.75. The molecule has 5 heteroatoms. The molecule has 0 aliphatic heterocycles. The van der Waals surface area contributed by atoms with E-state index in [1.165, 1.54) is 6.07 Å². The average Bonchev–Trinajstić information content (AvgIpc) is 2.26. The molecule has 4 N–H and O–H groups in total. The predicted octanol–water partition coefficient (Wildman–Crippen LogP) is 1.72. The highest BCUT2D eigenvalue weighted by Gasteiger charge is 2.12. The lowest BCUT2D eigenvalue weighted by Crippen LogP contribution is -2.23. The van der Waals surface area contributed by atoms with Crippen LogP contribution in [0.1, 0.15) is 23.7 Å². The minimum atomic E-state index is -0.947. The Kier molecular flexibility index (Phi) is 4.97. The van der Waals surface area contributed by atoms with Crippen LogP contribution in [0, 0.1) is 0 Å². The van der Waals surface area contributed by atoms with Crippen molar-refractivity contribution in [2.24, 2.45) is 0 Å². The molecule has 100 valence electrons. The number of hydrogen-bond donors (Lipinski definition) is 3. The highest BCUT2D eigenvalue weighted by atomic mass is 16.4. The van der Waals surface area contributed by atoms with Crippen molar-refractivity contribution in [3.05, 3.63) is 23.8 Å². The van der Waals surface area contributed by atoms with Crippen molar-refractivity contribution < 1.29 is 9.90 Å². The third-order valence-corrected chi connectivity index (χ3v) is 2.69. The Balaban J connectivity index is 2.76. The number of benzene rings is 1. The first-order chi connectivity index (χ1) is 8.40. The van der Waals surface area contributed by atoms with Gasteiger partial charge in [0.15, 0.2) is 0 Å². The fraction of sp³-hybridized carbons (Fsp3) is 0.462. The first-order valence-corrected chi connectivity index (χ1v) is 5.94. The topological polar surface area (TPSA) is 78.6 Å². The molecule has 1 aromatic carbocycles. The molecule has 18 heavy (non-hydrogen) atoms. The van der Waals surface area contributed by atoms with E-state index in [2.05, 4.69) is 10.2 Å². The zero-order chi connectivity index (χ0) is 13.7. The molecular formula is C13H21N3O2. The Labute approximate surface area is 108 Å². The normalized spacial score (nSPS) is 12.4. The SMILES string of the molecule is CC(CCN(C)C)Nc1cc(N)ccc1C(=O)O. The first kappa shape index (κ1) is 14.3. The third-order valence-electron chi connectivity index (χ3n) is 2.69. The van der Waals surface area contributed by atoms with Crippen LogP contribution in [0.5, 0.6) is 0 Å². The second-order valence-electron chi connectivity index (χ2n) is 4.75. The molecule has 0 aliphatic carbocycles. The number of rotatable bonds is 6.